The number of aliphatic hydroxyl groups is 5. The van der Waals surface area contributed by atoms with E-state index in [1.807, 2.05) is 30.3 Å². The maximum atomic E-state index is 9.12. The van der Waals surface area contributed by atoms with Gasteiger partial charge in [0, 0.05) is 0 Å². The summed E-state index contributed by atoms with van der Waals surface area (Å²) >= 11 is 0. The van der Waals surface area contributed by atoms with Gasteiger partial charge in [0.1, 0.15) is 24.4 Å². The Kier molecular flexibility index (Phi) is 7.25. The van der Waals surface area contributed by atoms with E-state index in [2.05, 4.69) is 10.8 Å². The highest BCUT2D eigenvalue weighted by molar-refractivity contribution is 5.17. The average molecular weight is 297 g/mol. The molecule has 2 rings (SSSR count). The molecule has 0 aliphatic carbocycles. The summed E-state index contributed by atoms with van der Waals surface area (Å²) in [5, 5.41) is 52.9. The highest BCUT2D eigenvalue weighted by Crippen LogP contribution is 2.18. The summed E-state index contributed by atoms with van der Waals surface area (Å²) in [6.45, 7) is -0.526. The Labute approximate surface area is 122 Å². The predicted molar refractivity (Wildman–Crippen MR) is 71.7 cm³/mol. The summed E-state index contributed by atoms with van der Waals surface area (Å²) < 4.78 is 4.58. The molecule has 116 valence electrons. The normalized spacial score (nSPS) is 31.7. The first-order chi connectivity index (χ1) is 10.0. The van der Waals surface area contributed by atoms with Gasteiger partial charge in [-0.25, -0.2) is 0 Å². The molecule has 7 nitrogen and oxygen atoms in total. The van der Waals surface area contributed by atoms with E-state index in [4.69, 9.17) is 30.8 Å². The van der Waals surface area contributed by atoms with Crippen LogP contribution in [0.15, 0.2) is 30.3 Å². The molecule has 0 bridgehead atoms. The molecule has 1 aromatic carbocycles. The van der Waals surface area contributed by atoms with Crippen molar-refractivity contribution in [1.29, 1.82) is 5.26 Å². The maximum absolute atomic E-state index is 9.12. The van der Waals surface area contributed by atoms with Gasteiger partial charge in [-0.3, -0.25) is 0 Å². The second-order valence-electron chi connectivity index (χ2n) is 4.54. The van der Waals surface area contributed by atoms with Crippen molar-refractivity contribution in [2.75, 3.05) is 6.61 Å². The molecular formula is C14H19NO6. The molecule has 21 heavy (non-hydrogen) atoms. The van der Waals surface area contributed by atoms with Crippen LogP contribution in [0.5, 0.6) is 0 Å². The third-order valence-electron chi connectivity index (χ3n) is 2.99. The summed E-state index contributed by atoms with van der Waals surface area (Å²) in [6, 6.07) is 11.8. The molecule has 1 aliphatic rings. The minimum Gasteiger partial charge on any atom is -0.394 e. The second-order valence-corrected chi connectivity index (χ2v) is 4.54. The lowest BCUT2D eigenvalue weighted by Gasteiger charge is -2.37. The standard InChI is InChI=1S/C8H7N.C6H12O6/c9-7-6-8-4-2-1-3-5-8;7-1-2-3(8)4(9)5(10)6(11)12-2/h1-5H,6H2;2-11H,1H2/t;2-,3-,4+,5-,6?/m.1/s1. The Bertz CT molecular complexity index is 444. The zero-order valence-corrected chi connectivity index (χ0v) is 11.3. The number of aliphatic hydroxyl groups excluding tert-OH is 5. The fourth-order valence-corrected chi connectivity index (χ4v) is 1.77. The molecule has 1 saturated heterocycles. The first-order valence-electron chi connectivity index (χ1n) is 6.40. The summed E-state index contributed by atoms with van der Waals surface area (Å²) in [5.74, 6) is 0. The summed E-state index contributed by atoms with van der Waals surface area (Å²) in [7, 11) is 0. The predicted octanol–water partition coefficient (Wildman–Crippen LogP) is -1.47. The Morgan fingerprint density at radius 1 is 1.00 bits per heavy atom. The van der Waals surface area contributed by atoms with Crippen molar-refractivity contribution >= 4 is 0 Å². The molecule has 1 aliphatic heterocycles. The molecule has 1 fully saturated rings. The molecule has 7 heteroatoms. The Balaban J connectivity index is 0.000000219. The summed E-state index contributed by atoms with van der Waals surface area (Å²) in [5.41, 5.74) is 1.08. The van der Waals surface area contributed by atoms with E-state index in [-0.39, 0.29) is 0 Å². The highest BCUT2D eigenvalue weighted by Gasteiger charge is 2.42. The number of rotatable bonds is 2. The lowest BCUT2D eigenvalue weighted by molar-refractivity contribution is -0.286. The quantitative estimate of drug-likeness (QED) is 0.450. The van der Waals surface area contributed by atoms with Gasteiger partial charge < -0.3 is 30.3 Å². The van der Waals surface area contributed by atoms with Crippen LogP contribution in [0.25, 0.3) is 0 Å². The number of nitriles is 1. The minimum absolute atomic E-state index is 0.515. The van der Waals surface area contributed by atoms with Gasteiger partial charge in [0.2, 0.25) is 0 Å². The van der Waals surface area contributed by atoms with Gasteiger partial charge in [-0.1, -0.05) is 30.3 Å². The monoisotopic (exact) mass is 297 g/mol. The average Bonchev–Trinajstić information content (AvgIpc) is 2.51. The number of nitrogens with zero attached hydrogens (tertiary/aromatic N) is 1. The summed E-state index contributed by atoms with van der Waals surface area (Å²) in [4.78, 5) is 0. The van der Waals surface area contributed by atoms with Gasteiger partial charge in [0.15, 0.2) is 6.29 Å². The van der Waals surface area contributed by atoms with Crippen molar-refractivity contribution in [2.45, 2.75) is 37.1 Å². The van der Waals surface area contributed by atoms with Crippen molar-refractivity contribution < 1.29 is 30.3 Å². The van der Waals surface area contributed by atoms with Crippen LogP contribution in [0.4, 0.5) is 0 Å². The number of benzene rings is 1. The topological polar surface area (TPSA) is 134 Å². The molecule has 1 aromatic rings. The van der Waals surface area contributed by atoms with Crippen LogP contribution >= 0.6 is 0 Å². The Hall–Kier alpha value is -1.53. The van der Waals surface area contributed by atoms with E-state index in [9.17, 15) is 0 Å². The molecule has 0 amide bonds. The van der Waals surface area contributed by atoms with Crippen LogP contribution in [-0.4, -0.2) is 62.8 Å². The molecule has 0 aromatic heterocycles. The lowest BCUT2D eigenvalue weighted by Crippen LogP contribution is -2.58. The van der Waals surface area contributed by atoms with Gasteiger partial charge in [-0.2, -0.15) is 5.26 Å². The van der Waals surface area contributed by atoms with E-state index >= 15 is 0 Å². The zero-order chi connectivity index (χ0) is 15.8. The van der Waals surface area contributed by atoms with Crippen molar-refractivity contribution in [2.24, 2.45) is 0 Å². The Morgan fingerprint density at radius 2 is 1.62 bits per heavy atom. The third kappa shape index (κ3) is 5.06. The number of ether oxygens (including phenoxy) is 1. The van der Waals surface area contributed by atoms with E-state index in [1.54, 1.807) is 0 Å². The van der Waals surface area contributed by atoms with Crippen molar-refractivity contribution in [1.82, 2.24) is 0 Å². The fourth-order valence-electron chi connectivity index (χ4n) is 1.77. The van der Waals surface area contributed by atoms with E-state index in [0.717, 1.165) is 5.56 Å². The van der Waals surface area contributed by atoms with Crippen LogP contribution < -0.4 is 0 Å². The van der Waals surface area contributed by atoms with Gasteiger partial charge in [0.25, 0.3) is 0 Å². The molecule has 5 N–H and O–H groups in total. The molecule has 5 atom stereocenters. The van der Waals surface area contributed by atoms with Crippen LogP contribution in [0.1, 0.15) is 5.56 Å². The van der Waals surface area contributed by atoms with Gasteiger partial charge in [-0.05, 0) is 5.56 Å². The minimum atomic E-state index is -1.57. The van der Waals surface area contributed by atoms with Gasteiger partial charge in [0.05, 0.1) is 19.1 Å². The number of hydrogen-bond acceptors (Lipinski definition) is 7. The molecule has 0 spiro atoms. The van der Waals surface area contributed by atoms with Crippen LogP contribution in [0.2, 0.25) is 0 Å². The second kappa shape index (κ2) is 8.69. The molecule has 1 heterocycles. The first kappa shape index (κ1) is 17.5. The molecule has 1 unspecified atom stereocenters. The van der Waals surface area contributed by atoms with Crippen molar-refractivity contribution in [3.8, 4) is 6.07 Å². The Morgan fingerprint density at radius 3 is 2.14 bits per heavy atom. The van der Waals surface area contributed by atoms with Gasteiger partial charge >= 0.3 is 0 Å². The lowest BCUT2D eigenvalue weighted by atomic mass is 10.00. The van der Waals surface area contributed by atoms with E-state index in [0.29, 0.717) is 6.42 Å². The highest BCUT2D eigenvalue weighted by atomic mass is 16.6. The molecule has 0 saturated carbocycles. The number of hydrogen-bond donors (Lipinski definition) is 5. The first-order valence-corrected chi connectivity index (χ1v) is 6.40. The van der Waals surface area contributed by atoms with E-state index < -0.39 is 37.3 Å². The van der Waals surface area contributed by atoms with Crippen LogP contribution in [-0.2, 0) is 11.2 Å². The maximum Gasteiger partial charge on any atom is 0.184 e. The molecule has 0 radical (unpaired) electrons. The largest absolute Gasteiger partial charge is 0.394 e. The zero-order valence-electron chi connectivity index (χ0n) is 11.3. The van der Waals surface area contributed by atoms with Gasteiger partial charge in [-0.15, -0.1) is 0 Å². The molecular weight excluding hydrogens is 278 g/mol. The van der Waals surface area contributed by atoms with Crippen molar-refractivity contribution in [3.05, 3.63) is 35.9 Å². The fraction of sp³-hybridized carbons (Fsp3) is 0.500. The SMILES string of the molecule is N#CCc1ccccc1.OC[C@H]1OC(O)[C@H](O)[C@@H](O)[C@@H]1O. The van der Waals surface area contributed by atoms with Crippen LogP contribution in [0, 0.1) is 11.3 Å². The van der Waals surface area contributed by atoms with Crippen molar-refractivity contribution in [3.63, 3.8) is 0 Å². The summed E-state index contributed by atoms with van der Waals surface area (Å²) in [6.07, 6.45) is -6.53. The smallest absolute Gasteiger partial charge is 0.184 e. The van der Waals surface area contributed by atoms with E-state index in [1.165, 1.54) is 0 Å². The third-order valence-corrected chi connectivity index (χ3v) is 2.99. The van der Waals surface area contributed by atoms with Crippen LogP contribution in [0.3, 0.4) is 0 Å².